The highest BCUT2D eigenvalue weighted by atomic mass is 79.9. The minimum absolute atomic E-state index is 0.319. The number of hydrogen-bond donors (Lipinski definition) is 1. The van der Waals surface area contributed by atoms with E-state index in [9.17, 15) is 0 Å². The summed E-state index contributed by atoms with van der Waals surface area (Å²) in [6.45, 7) is 6.03. The van der Waals surface area contributed by atoms with Gasteiger partial charge >= 0.3 is 0 Å². The Kier molecular flexibility index (Phi) is 4.99. The molecule has 96 valence electrons. The Morgan fingerprint density at radius 3 is 3.18 bits per heavy atom. The molecule has 0 aromatic carbocycles. The highest BCUT2D eigenvalue weighted by molar-refractivity contribution is 9.10. The van der Waals surface area contributed by atoms with E-state index in [0.717, 1.165) is 26.2 Å². The van der Waals surface area contributed by atoms with Crippen molar-refractivity contribution in [2.45, 2.75) is 19.1 Å². The normalized spacial score (nSPS) is 23.8. The highest BCUT2D eigenvalue weighted by Crippen LogP contribution is 2.25. The summed E-state index contributed by atoms with van der Waals surface area (Å²) in [5.41, 5.74) is 0. The summed E-state index contributed by atoms with van der Waals surface area (Å²) in [4.78, 5) is 3.68. The summed E-state index contributed by atoms with van der Waals surface area (Å²) in [7, 11) is 2.15. The first-order valence-corrected chi connectivity index (χ1v) is 7.60. The number of ether oxygens (including phenoxy) is 1. The van der Waals surface area contributed by atoms with E-state index in [4.69, 9.17) is 4.74 Å². The summed E-state index contributed by atoms with van der Waals surface area (Å²) in [6, 6.07) is 2.57. The third-order valence-electron chi connectivity index (χ3n) is 3.01. The van der Waals surface area contributed by atoms with Gasteiger partial charge in [0.15, 0.2) is 0 Å². The van der Waals surface area contributed by atoms with Gasteiger partial charge in [-0.1, -0.05) is 0 Å². The molecule has 0 bridgehead atoms. The van der Waals surface area contributed by atoms with Gasteiger partial charge in [0.25, 0.3) is 0 Å². The second-order valence-corrected chi connectivity index (χ2v) is 6.41. The molecule has 5 heteroatoms. The molecule has 1 fully saturated rings. The van der Waals surface area contributed by atoms with Crippen LogP contribution in [0.1, 0.15) is 17.8 Å². The summed E-state index contributed by atoms with van der Waals surface area (Å²) in [5, 5.41) is 5.66. The Morgan fingerprint density at radius 1 is 1.71 bits per heavy atom. The first-order valence-electron chi connectivity index (χ1n) is 5.92. The average Bonchev–Trinajstić information content (AvgIpc) is 2.73. The van der Waals surface area contributed by atoms with Crippen molar-refractivity contribution < 1.29 is 4.74 Å². The van der Waals surface area contributed by atoms with Crippen molar-refractivity contribution in [3.63, 3.8) is 0 Å². The maximum atomic E-state index is 5.73. The number of hydrogen-bond acceptors (Lipinski definition) is 4. The van der Waals surface area contributed by atoms with Gasteiger partial charge in [0.1, 0.15) is 0 Å². The van der Waals surface area contributed by atoms with E-state index in [-0.39, 0.29) is 0 Å². The highest BCUT2D eigenvalue weighted by Gasteiger charge is 2.18. The fourth-order valence-corrected chi connectivity index (χ4v) is 3.43. The quantitative estimate of drug-likeness (QED) is 0.923. The molecule has 1 N–H and O–H groups in total. The van der Waals surface area contributed by atoms with Crippen LogP contribution in [0.25, 0.3) is 0 Å². The molecule has 0 amide bonds. The van der Waals surface area contributed by atoms with Gasteiger partial charge in [0, 0.05) is 40.4 Å². The van der Waals surface area contributed by atoms with Gasteiger partial charge in [-0.15, -0.1) is 11.3 Å². The average molecular weight is 319 g/mol. The topological polar surface area (TPSA) is 24.5 Å². The summed E-state index contributed by atoms with van der Waals surface area (Å²) in [6.07, 6.45) is 0.319. The van der Waals surface area contributed by atoms with E-state index in [1.165, 1.54) is 9.35 Å². The van der Waals surface area contributed by atoms with Crippen LogP contribution in [0.5, 0.6) is 0 Å². The molecule has 2 atom stereocenters. The molecular weight excluding hydrogens is 300 g/mol. The second kappa shape index (κ2) is 6.29. The summed E-state index contributed by atoms with van der Waals surface area (Å²) < 4.78 is 6.90. The Hall–Kier alpha value is 0.0600. The lowest BCUT2D eigenvalue weighted by molar-refractivity contribution is -0.0190. The Labute approximate surface area is 115 Å². The molecule has 1 aliphatic rings. The van der Waals surface area contributed by atoms with Crippen LogP contribution in [-0.2, 0) is 4.74 Å². The molecule has 3 nitrogen and oxygen atoms in total. The van der Waals surface area contributed by atoms with Crippen molar-refractivity contribution in [2.24, 2.45) is 0 Å². The third kappa shape index (κ3) is 4.03. The van der Waals surface area contributed by atoms with Crippen LogP contribution in [0.3, 0.4) is 0 Å². The number of rotatable bonds is 4. The molecule has 0 radical (unpaired) electrons. The molecule has 1 aromatic rings. The first kappa shape index (κ1) is 13.5. The number of nitrogens with one attached hydrogen (secondary N) is 1. The maximum absolute atomic E-state index is 5.73. The maximum Gasteiger partial charge on any atom is 0.0826 e. The first-order chi connectivity index (χ1) is 8.15. The zero-order chi connectivity index (χ0) is 12.3. The van der Waals surface area contributed by atoms with Crippen molar-refractivity contribution in [3.8, 4) is 0 Å². The lowest BCUT2D eigenvalue weighted by atomic mass is 10.2. The van der Waals surface area contributed by atoms with E-state index in [1.807, 2.05) is 0 Å². The van der Waals surface area contributed by atoms with E-state index >= 15 is 0 Å². The monoisotopic (exact) mass is 318 g/mol. The van der Waals surface area contributed by atoms with Crippen molar-refractivity contribution in [2.75, 3.05) is 33.3 Å². The zero-order valence-electron chi connectivity index (χ0n) is 10.3. The van der Waals surface area contributed by atoms with Gasteiger partial charge in [0.05, 0.1) is 12.7 Å². The number of halogens is 1. The van der Waals surface area contributed by atoms with Crippen LogP contribution in [0.4, 0.5) is 0 Å². The molecule has 2 unspecified atom stereocenters. The Balaban J connectivity index is 1.77. The van der Waals surface area contributed by atoms with E-state index in [1.54, 1.807) is 11.3 Å². The molecule has 1 saturated heterocycles. The van der Waals surface area contributed by atoms with Gasteiger partial charge < -0.3 is 15.0 Å². The summed E-state index contributed by atoms with van der Waals surface area (Å²) in [5.74, 6) is 0. The smallest absolute Gasteiger partial charge is 0.0826 e. The molecule has 1 aliphatic heterocycles. The van der Waals surface area contributed by atoms with Crippen LogP contribution in [0, 0.1) is 0 Å². The molecule has 17 heavy (non-hydrogen) atoms. The fraction of sp³-hybridized carbons (Fsp3) is 0.667. The Morgan fingerprint density at radius 2 is 2.53 bits per heavy atom. The van der Waals surface area contributed by atoms with Gasteiger partial charge in [-0.25, -0.2) is 0 Å². The van der Waals surface area contributed by atoms with Crippen molar-refractivity contribution >= 4 is 27.3 Å². The van der Waals surface area contributed by atoms with Gasteiger partial charge in [0.2, 0.25) is 0 Å². The summed E-state index contributed by atoms with van der Waals surface area (Å²) >= 11 is 5.27. The largest absolute Gasteiger partial charge is 0.374 e. The van der Waals surface area contributed by atoms with Crippen molar-refractivity contribution in [1.29, 1.82) is 0 Å². The SMILES string of the molecule is CC(NCC1CN(C)CCO1)c1cc(Br)cs1. The van der Waals surface area contributed by atoms with Gasteiger partial charge in [-0.2, -0.15) is 0 Å². The molecule has 2 heterocycles. The molecule has 0 aliphatic carbocycles. The van der Waals surface area contributed by atoms with Crippen LogP contribution in [-0.4, -0.2) is 44.3 Å². The molecular formula is C12H19BrN2OS. The lowest BCUT2D eigenvalue weighted by Gasteiger charge is -2.30. The van der Waals surface area contributed by atoms with Gasteiger partial charge in [-0.3, -0.25) is 0 Å². The van der Waals surface area contributed by atoms with Crippen LogP contribution < -0.4 is 5.32 Å². The molecule has 1 aromatic heterocycles. The van der Waals surface area contributed by atoms with Gasteiger partial charge in [-0.05, 0) is 36.0 Å². The standard InChI is InChI=1S/C12H19BrN2OS/c1-9(12-5-10(13)8-17-12)14-6-11-7-15(2)3-4-16-11/h5,8-9,11,14H,3-4,6-7H2,1-2H3. The number of thiophene rings is 1. The number of likely N-dealkylation sites (N-methyl/N-ethyl adjacent to an activating group) is 1. The van der Waals surface area contributed by atoms with Crippen molar-refractivity contribution in [1.82, 2.24) is 10.2 Å². The van der Waals surface area contributed by atoms with Crippen LogP contribution in [0.15, 0.2) is 15.9 Å². The third-order valence-corrected chi connectivity index (χ3v) is 4.88. The predicted octanol–water partition coefficient (Wildman–Crippen LogP) is 2.49. The molecule has 2 rings (SSSR count). The van der Waals surface area contributed by atoms with Crippen LogP contribution >= 0.6 is 27.3 Å². The Bertz CT molecular complexity index is 358. The zero-order valence-corrected chi connectivity index (χ0v) is 12.7. The second-order valence-electron chi connectivity index (χ2n) is 4.55. The van der Waals surface area contributed by atoms with E-state index in [2.05, 4.69) is 51.6 Å². The van der Waals surface area contributed by atoms with Crippen LogP contribution in [0.2, 0.25) is 0 Å². The number of nitrogens with zero attached hydrogens (tertiary/aromatic N) is 1. The molecule has 0 saturated carbocycles. The minimum atomic E-state index is 0.319. The van der Waals surface area contributed by atoms with E-state index in [0.29, 0.717) is 12.1 Å². The number of morpholine rings is 1. The lowest BCUT2D eigenvalue weighted by Crippen LogP contribution is -2.45. The minimum Gasteiger partial charge on any atom is -0.374 e. The fourth-order valence-electron chi connectivity index (χ4n) is 1.95. The molecule has 0 spiro atoms. The van der Waals surface area contributed by atoms with E-state index < -0.39 is 0 Å². The predicted molar refractivity (Wildman–Crippen MR) is 75.7 cm³/mol. The van der Waals surface area contributed by atoms with Crippen molar-refractivity contribution in [3.05, 3.63) is 20.8 Å².